The number of nitrogens with zero attached hydrogens (tertiary/aromatic N) is 3. The number of aryl methyl sites for hydroxylation is 1. The van der Waals surface area contributed by atoms with Crippen LogP contribution in [0.2, 0.25) is 0 Å². The molecule has 1 aromatic heterocycles. The van der Waals surface area contributed by atoms with Crippen LogP contribution in [0.3, 0.4) is 0 Å². The molecule has 1 saturated heterocycles. The zero-order valence-electron chi connectivity index (χ0n) is 12.3. The summed E-state index contributed by atoms with van der Waals surface area (Å²) in [6, 6.07) is 2.37. The molecule has 0 amide bonds. The van der Waals surface area contributed by atoms with Gasteiger partial charge in [-0.15, -0.1) is 0 Å². The minimum Gasteiger partial charge on any atom is -0.312 e. The van der Waals surface area contributed by atoms with Gasteiger partial charge < -0.3 is 10.2 Å². The molecule has 0 radical (unpaired) electrons. The van der Waals surface area contributed by atoms with Gasteiger partial charge in [-0.1, -0.05) is 6.42 Å². The van der Waals surface area contributed by atoms with Crippen LogP contribution < -0.4 is 10.9 Å². The first-order chi connectivity index (χ1) is 9.74. The van der Waals surface area contributed by atoms with Gasteiger partial charge in [-0.2, -0.15) is 5.10 Å². The van der Waals surface area contributed by atoms with Gasteiger partial charge in [0.2, 0.25) is 0 Å². The lowest BCUT2D eigenvalue weighted by Gasteiger charge is -2.32. The van der Waals surface area contributed by atoms with Crippen molar-refractivity contribution in [3.05, 3.63) is 27.7 Å². The first-order valence-corrected chi connectivity index (χ1v) is 7.75. The monoisotopic (exact) mass is 276 g/mol. The highest BCUT2D eigenvalue weighted by atomic mass is 16.1. The number of likely N-dealkylation sites (tertiary alicyclic amines) is 1. The van der Waals surface area contributed by atoms with Crippen LogP contribution in [0.4, 0.5) is 0 Å². The van der Waals surface area contributed by atoms with Gasteiger partial charge >= 0.3 is 0 Å². The molecule has 0 spiro atoms. The molecule has 110 valence electrons. The molecule has 1 N–H and O–H groups in total. The van der Waals surface area contributed by atoms with Crippen molar-refractivity contribution in [1.82, 2.24) is 20.0 Å². The highest BCUT2D eigenvalue weighted by Crippen LogP contribution is 2.18. The molecule has 3 heterocycles. The third-order valence-corrected chi connectivity index (χ3v) is 4.61. The fourth-order valence-corrected chi connectivity index (χ4v) is 3.30. The molecule has 2 aliphatic rings. The summed E-state index contributed by atoms with van der Waals surface area (Å²) in [5, 5.41) is 7.85. The lowest BCUT2D eigenvalue weighted by Crippen LogP contribution is -2.38. The van der Waals surface area contributed by atoms with E-state index in [1.807, 2.05) is 0 Å². The van der Waals surface area contributed by atoms with Crippen molar-refractivity contribution in [3.8, 4) is 0 Å². The molecule has 1 unspecified atom stereocenters. The van der Waals surface area contributed by atoms with Gasteiger partial charge in [0.1, 0.15) is 0 Å². The molecule has 1 atom stereocenters. The third kappa shape index (κ3) is 2.94. The summed E-state index contributed by atoms with van der Waals surface area (Å²) in [5.74, 6) is 0. The largest absolute Gasteiger partial charge is 0.312 e. The van der Waals surface area contributed by atoms with E-state index in [0.717, 1.165) is 43.7 Å². The minimum absolute atomic E-state index is 0.0471. The van der Waals surface area contributed by atoms with E-state index >= 15 is 0 Å². The number of aromatic nitrogens is 2. The van der Waals surface area contributed by atoms with Gasteiger partial charge in [-0.3, -0.25) is 4.79 Å². The molecule has 3 rings (SSSR count). The normalized spacial score (nSPS) is 23.6. The van der Waals surface area contributed by atoms with Crippen LogP contribution in [0.15, 0.2) is 10.9 Å². The second-order valence-corrected chi connectivity index (χ2v) is 6.02. The van der Waals surface area contributed by atoms with Crippen molar-refractivity contribution in [2.45, 2.75) is 51.2 Å². The van der Waals surface area contributed by atoms with Crippen molar-refractivity contribution >= 4 is 0 Å². The van der Waals surface area contributed by atoms with E-state index < -0.39 is 0 Å². The molecule has 5 nitrogen and oxygen atoms in total. The molecule has 0 aliphatic carbocycles. The third-order valence-electron chi connectivity index (χ3n) is 4.61. The van der Waals surface area contributed by atoms with E-state index in [4.69, 9.17) is 0 Å². The Morgan fingerprint density at radius 2 is 2.35 bits per heavy atom. The van der Waals surface area contributed by atoms with Crippen LogP contribution >= 0.6 is 0 Å². The Balaban J connectivity index is 1.69. The van der Waals surface area contributed by atoms with Gasteiger partial charge in [-0.25, -0.2) is 4.68 Å². The smallest absolute Gasteiger partial charge is 0.267 e. The summed E-state index contributed by atoms with van der Waals surface area (Å²) in [4.78, 5) is 14.5. The molecule has 1 fully saturated rings. The maximum absolute atomic E-state index is 12.1. The van der Waals surface area contributed by atoms with E-state index in [1.54, 1.807) is 10.7 Å². The summed E-state index contributed by atoms with van der Waals surface area (Å²) in [5.41, 5.74) is 2.22. The Morgan fingerprint density at radius 1 is 1.45 bits per heavy atom. The maximum Gasteiger partial charge on any atom is 0.267 e. The summed E-state index contributed by atoms with van der Waals surface area (Å²) >= 11 is 0. The fraction of sp³-hybridized carbons (Fsp3) is 0.733. The van der Waals surface area contributed by atoms with Crippen LogP contribution in [0, 0.1) is 0 Å². The zero-order chi connectivity index (χ0) is 13.9. The van der Waals surface area contributed by atoms with E-state index in [0.29, 0.717) is 6.04 Å². The van der Waals surface area contributed by atoms with Crippen molar-refractivity contribution < 1.29 is 0 Å². The standard InChI is InChI=1S/C15H24N4O/c1-18-8-3-2-4-13(18)6-9-19-15(20)10-12-11-16-7-5-14(12)17-19/h10,13,16H,2-9,11H2,1H3. The second-order valence-electron chi connectivity index (χ2n) is 6.02. The zero-order valence-corrected chi connectivity index (χ0v) is 12.3. The van der Waals surface area contributed by atoms with Crippen molar-refractivity contribution in [2.24, 2.45) is 0 Å². The van der Waals surface area contributed by atoms with Crippen LogP contribution in [0.25, 0.3) is 0 Å². The average molecular weight is 276 g/mol. The molecule has 20 heavy (non-hydrogen) atoms. The first kappa shape index (κ1) is 13.8. The molecule has 0 saturated carbocycles. The number of hydrogen-bond acceptors (Lipinski definition) is 4. The minimum atomic E-state index is 0.0471. The SMILES string of the molecule is CN1CCCCC1CCn1nc2c(cc1=O)CNCC2. The number of rotatable bonds is 3. The second kappa shape index (κ2) is 6.06. The predicted octanol–water partition coefficient (Wildman–Crippen LogP) is 0.763. The molecule has 1 aromatic rings. The van der Waals surface area contributed by atoms with Crippen molar-refractivity contribution in [1.29, 1.82) is 0 Å². The first-order valence-electron chi connectivity index (χ1n) is 7.75. The number of nitrogens with one attached hydrogen (secondary N) is 1. The van der Waals surface area contributed by atoms with Crippen LogP contribution in [-0.4, -0.2) is 40.9 Å². The Hall–Kier alpha value is -1.20. The summed E-state index contributed by atoms with van der Waals surface area (Å²) in [6.45, 7) is 3.67. The van der Waals surface area contributed by atoms with E-state index in [9.17, 15) is 4.79 Å². The lowest BCUT2D eigenvalue weighted by molar-refractivity contribution is 0.169. The van der Waals surface area contributed by atoms with Crippen LogP contribution in [0.1, 0.15) is 36.9 Å². The topological polar surface area (TPSA) is 50.2 Å². The summed E-state index contributed by atoms with van der Waals surface area (Å²) < 4.78 is 1.67. The van der Waals surface area contributed by atoms with Crippen LogP contribution in [0.5, 0.6) is 0 Å². The van der Waals surface area contributed by atoms with E-state index in [2.05, 4.69) is 22.4 Å². The van der Waals surface area contributed by atoms with Crippen molar-refractivity contribution in [3.63, 3.8) is 0 Å². The quantitative estimate of drug-likeness (QED) is 0.886. The number of piperidine rings is 1. The Morgan fingerprint density at radius 3 is 3.20 bits per heavy atom. The molecular formula is C15H24N4O. The average Bonchev–Trinajstić information content (AvgIpc) is 2.46. The molecule has 2 aliphatic heterocycles. The van der Waals surface area contributed by atoms with Gasteiger partial charge in [0.15, 0.2) is 0 Å². The molecule has 5 heteroatoms. The van der Waals surface area contributed by atoms with Gasteiger partial charge in [0.05, 0.1) is 5.69 Å². The molecular weight excluding hydrogens is 252 g/mol. The molecule has 0 aromatic carbocycles. The fourth-order valence-electron chi connectivity index (χ4n) is 3.30. The van der Waals surface area contributed by atoms with Crippen molar-refractivity contribution in [2.75, 3.05) is 20.1 Å². The predicted molar refractivity (Wildman–Crippen MR) is 78.8 cm³/mol. The maximum atomic E-state index is 12.1. The van der Waals surface area contributed by atoms with Crippen LogP contribution in [-0.2, 0) is 19.5 Å². The Bertz CT molecular complexity index is 525. The highest BCUT2D eigenvalue weighted by molar-refractivity contribution is 5.20. The summed E-state index contributed by atoms with van der Waals surface area (Å²) in [6.07, 6.45) is 5.82. The lowest BCUT2D eigenvalue weighted by atomic mass is 10.0. The number of hydrogen-bond donors (Lipinski definition) is 1. The van der Waals surface area contributed by atoms with Gasteiger partial charge in [-0.05, 0) is 38.4 Å². The van der Waals surface area contributed by atoms with Gasteiger partial charge in [0, 0.05) is 38.2 Å². The van der Waals surface area contributed by atoms with E-state index in [-0.39, 0.29) is 5.56 Å². The number of fused-ring (bicyclic) bond motifs is 1. The molecule has 0 bridgehead atoms. The van der Waals surface area contributed by atoms with Gasteiger partial charge in [0.25, 0.3) is 5.56 Å². The Kier molecular flexibility index (Phi) is 4.17. The summed E-state index contributed by atoms with van der Waals surface area (Å²) in [7, 11) is 2.19. The highest BCUT2D eigenvalue weighted by Gasteiger charge is 2.19. The van der Waals surface area contributed by atoms with E-state index in [1.165, 1.54) is 25.8 Å². The Labute approximate surface area is 120 Å².